The van der Waals surface area contributed by atoms with Crippen molar-refractivity contribution in [1.82, 2.24) is 0 Å². The number of ketones is 1. The summed E-state index contributed by atoms with van der Waals surface area (Å²) >= 11 is 0. The maximum Gasteiger partial charge on any atom is 0.141 e. The van der Waals surface area contributed by atoms with Crippen molar-refractivity contribution >= 4 is 5.78 Å². The van der Waals surface area contributed by atoms with Gasteiger partial charge < -0.3 is 9.47 Å². The second-order valence-electron chi connectivity index (χ2n) is 4.17. The molecule has 0 saturated carbocycles. The summed E-state index contributed by atoms with van der Waals surface area (Å²) in [6.07, 6.45) is 1.36. The van der Waals surface area contributed by atoms with E-state index in [-0.39, 0.29) is 17.3 Å². The van der Waals surface area contributed by atoms with Gasteiger partial charge in [0.25, 0.3) is 0 Å². The van der Waals surface area contributed by atoms with Crippen LogP contribution in [0.1, 0.15) is 26.7 Å². The predicted molar refractivity (Wildman–Crippen MR) is 49.6 cm³/mol. The van der Waals surface area contributed by atoms with Crippen LogP contribution >= 0.6 is 0 Å². The van der Waals surface area contributed by atoms with Crippen molar-refractivity contribution < 1.29 is 14.3 Å². The number of carbonyl (C=O) groups is 1. The molecule has 1 aliphatic rings. The largest absolute Gasteiger partial charge is 0.381 e. The zero-order valence-electron chi connectivity index (χ0n) is 8.63. The minimum atomic E-state index is -0.334. The average Bonchev–Trinajstić information content (AvgIpc) is 2.55. The number of ether oxygens (including phenoxy) is 2. The molecule has 0 aromatic heterocycles. The van der Waals surface area contributed by atoms with Crippen LogP contribution in [0.25, 0.3) is 0 Å². The van der Waals surface area contributed by atoms with E-state index >= 15 is 0 Å². The van der Waals surface area contributed by atoms with Crippen LogP contribution in [0.2, 0.25) is 0 Å². The second-order valence-corrected chi connectivity index (χ2v) is 4.17. The van der Waals surface area contributed by atoms with E-state index in [1.165, 1.54) is 0 Å². The Morgan fingerprint density at radius 3 is 2.77 bits per heavy atom. The van der Waals surface area contributed by atoms with Gasteiger partial charge in [0.05, 0.1) is 12.2 Å². The van der Waals surface area contributed by atoms with Crippen molar-refractivity contribution in [3.63, 3.8) is 0 Å². The van der Waals surface area contributed by atoms with Crippen LogP contribution < -0.4 is 0 Å². The minimum Gasteiger partial charge on any atom is -0.381 e. The van der Waals surface area contributed by atoms with Gasteiger partial charge in [0.15, 0.2) is 0 Å². The fourth-order valence-electron chi connectivity index (χ4n) is 1.42. The van der Waals surface area contributed by atoms with Crippen molar-refractivity contribution in [2.24, 2.45) is 5.92 Å². The standard InChI is InChI=1S/C10H18O3/c1-10(2,12-3)6-9(11)8-4-5-13-7-8/h8H,4-7H2,1-3H3. The first-order valence-corrected chi connectivity index (χ1v) is 4.71. The third-order valence-corrected chi connectivity index (χ3v) is 2.54. The molecule has 1 fully saturated rings. The quantitative estimate of drug-likeness (QED) is 0.666. The molecule has 76 valence electrons. The number of hydrogen-bond donors (Lipinski definition) is 0. The van der Waals surface area contributed by atoms with Crippen LogP contribution in [0.5, 0.6) is 0 Å². The van der Waals surface area contributed by atoms with Crippen LogP contribution in [0, 0.1) is 5.92 Å². The Morgan fingerprint density at radius 1 is 1.62 bits per heavy atom. The van der Waals surface area contributed by atoms with E-state index < -0.39 is 0 Å². The van der Waals surface area contributed by atoms with Crippen LogP contribution in [-0.4, -0.2) is 31.7 Å². The molecule has 1 unspecified atom stereocenters. The lowest BCUT2D eigenvalue weighted by Gasteiger charge is -2.23. The summed E-state index contributed by atoms with van der Waals surface area (Å²) in [5, 5.41) is 0. The smallest absolute Gasteiger partial charge is 0.141 e. The highest BCUT2D eigenvalue weighted by Gasteiger charge is 2.29. The molecule has 1 saturated heterocycles. The van der Waals surface area contributed by atoms with Crippen LogP contribution in [0.3, 0.4) is 0 Å². The van der Waals surface area contributed by atoms with Gasteiger partial charge in [0.1, 0.15) is 5.78 Å². The van der Waals surface area contributed by atoms with Gasteiger partial charge in [0, 0.05) is 26.1 Å². The first-order valence-electron chi connectivity index (χ1n) is 4.71. The summed E-state index contributed by atoms with van der Waals surface area (Å²) in [5.74, 6) is 0.374. The maximum atomic E-state index is 11.7. The number of methoxy groups -OCH3 is 1. The highest BCUT2D eigenvalue weighted by atomic mass is 16.5. The van der Waals surface area contributed by atoms with E-state index in [1.54, 1.807) is 7.11 Å². The average molecular weight is 186 g/mol. The zero-order valence-corrected chi connectivity index (χ0v) is 8.63. The normalized spacial score (nSPS) is 23.5. The first kappa shape index (κ1) is 10.7. The van der Waals surface area contributed by atoms with Crippen molar-refractivity contribution in [2.45, 2.75) is 32.3 Å². The van der Waals surface area contributed by atoms with Gasteiger partial charge in [-0.25, -0.2) is 0 Å². The lowest BCUT2D eigenvalue weighted by atomic mass is 9.93. The summed E-state index contributed by atoms with van der Waals surface area (Å²) < 4.78 is 10.4. The van der Waals surface area contributed by atoms with Gasteiger partial charge in [-0.1, -0.05) is 0 Å². The summed E-state index contributed by atoms with van der Waals surface area (Å²) in [4.78, 5) is 11.7. The molecule has 0 aromatic carbocycles. The van der Waals surface area contributed by atoms with Gasteiger partial charge in [0.2, 0.25) is 0 Å². The third-order valence-electron chi connectivity index (χ3n) is 2.54. The van der Waals surface area contributed by atoms with Crippen molar-refractivity contribution in [2.75, 3.05) is 20.3 Å². The Bertz CT molecular complexity index is 181. The Hall–Kier alpha value is -0.410. The van der Waals surface area contributed by atoms with Crippen molar-refractivity contribution in [3.8, 4) is 0 Å². The minimum absolute atomic E-state index is 0.106. The van der Waals surface area contributed by atoms with Crippen molar-refractivity contribution in [3.05, 3.63) is 0 Å². The van der Waals surface area contributed by atoms with E-state index in [1.807, 2.05) is 13.8 Å². The molecule has 0 aliphatic carbocycles. The van der Waals surface area contributed by atoms with Crippen molar-refractivity contribution in [1.29, 1.82) is 0 Å². The van der Waals surface area contributed by atoms with E-state index in [0.717, 1.165) is 13.0 Å². The lowest BCUT2D eigenvalue weighted by Crippen LogP contribution is -2.29. The van der Waals surface area contributed by atoms with Crippen LogP contribution in [-0.2, 0) is 14.3 Å². The summed E-state index contributed by atoms with van der Waals surface area (Å²) in [7, 11) is 1.64. The predicted octanol–water partition coefficient (Wildman–Crippen LogP) is 1.41. The van der Waals surface area contributed by atoms with E-state index in [4.69, 9.17) is 9.47 Å². The number of hydrogen-bond acceptors (Lipinski definition) is 3. The molecule has 0 spiro atoms. The molecule has 0 aromatic rings. The fraction of sp³-hybridized carbons (Fsp3) is 0.900. The number of rotatable bonds is 4. The molecule has 0 amide bonds. The summed E-state index contributed by atoms with van der Waals surface area (Å²) in [6, 6.07) is 0. The third kappa shape index (κ3) is 3.08. The number of carbonyl (C=O) groups excluding carboxylic acids is 1. The molecule has 3 heteroatoms. The second kappa shape index (κ2) is 4.20. The van der Waals surface area contributed by atoms with E-state index in [0.29, 0.717) is 13.0 Å². The van der Waals surface area contributed by atoms with Gasteiger partial charge in [-0.2, -0.15) is 0 Å². The monoisotopic (exact) mass is 186 g/mol. The molecule has 3 nitrogen and oxygen atoms in total. The summed E-state index contributed by atoms with van der Waals surface area (Å²) in [6.45, 7) is 5.18. The van der Waals surface area contributed by atoms with Gasteiger partial charge in [-0.3, -0.25) is 4.79 Å². The first-order chi connectivity index (χ1) is 6.05. The zero-order chi connectivity index (χ0) is 9.90. The molecular formula is C10H18O3. The summed E-state index contributed by atoms with van der Waals surface area (Å²) in [5.41, 5.74) is -0.334. The number of Topliss-reactive ketones (excluding diaryl/α,β-unsaturated/α-hetero) is 1. The van der Waals surface area contributed by atoms with E-state index in [9.17, 15) is 4.79 Å². The SMILES string of the molecule is COC(C)(C)CC(=O)C1CCOC1. The van der Waals surface area contributed by atoms with Gasteiger partial charge >= 0.3 is 0 Å². The Kier molecular flexibility index (Phi) is 3.45. The molecule has 1 heterocycles. The van der Waals surface area contributed by atoms with Gasteiger partial charge in [-0.15, -0.1) is 0 Å². The molecule has 0 N–H and O–H groups in total. The highest BCUT2D eigenvalue weighted by molar-refractivity contribution is 5.82. The lowest BCUT2D eigenvalue weighted by molar-refractivity contribution is -0.127. The Balaban J connectivity index is 2.40. The molecule has 0 radical (unpaired) electrons. The molecule has 1 atom stereocenters. The van der Waals surface area contributed by atoms with Crippen LogP contribution in [0.15, 0.2) is 0 Å². The topological polar surface area (TPSA) is 35.5 Å². The highest BCUT2D eigenvalue weighted by Crippen LogP contribution is 2.21. The van der Waals surface area contributed by atoms with Crippen LogP contribution in [0.4, 0.5) is 0 Å². The van der Waals surface area contributed by atoms with Gasteiger partial charge in [-0.05, 0) is 20.3 Å². The molecule has 1 rings (SSSR count). The Labute approximate surface area is 79.4 Å². The Morgan fingerprint density at radius 2 is 2.31 bits per heavy atom. The maximum absolute atomic E-state index is 11.7. The molecule has 1 aliphatic heterocycles. The molecular weight excluding hydrogens is 168 g/mol. The fourth-order valence-corrected chi connectivity index (χ4v) is 1.42. The molecule has 0 bridgehead atoms. The van der Waals surface area contributed by atoms with E-state index in [2.05, 4.69) is 0 Å². The molecule has 13 heavy (non-hydrogen) atoms.